The number of aryl methyl sites for hydroxylation is 1. The first-order valence-corrected chi connectivity index (χ1v) is 7.43. The molecule has 1 aliphatic heterocycles. The first kappa shape index (κ1) is 15.4. The van der Waals surface area contributed by atoms with Crippen molar-refractivity contribution in [3.8, 4) is 5.75 Å². The highest BCUT2D eigenvalue weighted by molar-refractivity contribution is 5.94. The van der Waals surface area contributed by atoms with Crippen LogP contribution in [0.25, 0.3) is 0 Å². The number of carbonyl (C=O) groups is 2. The fraction of sp³-hybridized carbons (Fsp3) is 0.500. The molecule has 114 valence electrons. The monoisotopic (exact) mass is 290 g/mol. The van der Waals surface area contributed by atoms with Crippen molar-refractivity contribution in [2.24, 2.45) is 0 Å². The summed E-state index contributed by atoms with van der Waals surface area (Å²) in [5.74, 6) is 0.589. The zero-order valence-corrected chi connectivity index (χ0v) is 12.6. The zero-order chi connectivity index (χ0) is 15.2. The number of ether oxygens (including phenoxy) is 1. The average Bonchev–Trinajstić information content (AvgIpc) is 2.45. The van der Waals surface area contributed by atoms with Gasteiger partial charge >= 0.3 is 0 Å². The van der Waals surface area contributed by atoms with E-state index in [1.807, 2.05) is 19.1 Å². The van der Waals surface area contributed by atoms with Crippen LogP contribution < -0.4 is 15.4 Å². The molecular weight excluding hydrogens is 268 g/mol. The first-order valence-electron chi connectivity index (χ1n) is 7.43. The third-order valence-electron chi connectivity index (χ3n) is 3.47. The van der Waals surface area contributed by atoms with E-state index in [1.54, 1.807) is 6.07 Å². The van der Waals surface area contributed by atoms with Crippen LogP contribution in [0.2, 0.25) is 0 Å². The van der Waals surface area contributed by atoms with E-state index in [0.29, 0.717) is 18.6 Å². The molecule has 1 heterocycles. The van der Waals surface area contributed by atoms with Crippen molar-refractivity contribution < 1.29 is 14.3 Å². The van der Waals surface area contributed by atoms with Gasteiger partial charge in [0, 0.05) is 18.2 Å². The highest BCUT2D eigenvalue weighted by Crippen LogP contribution is 2.26. The number of rotatable bonds is 6. The minimum absolute atomic E-state index is 0.0131. The predicted molar refractivity (Wildman–Crippen MR) is 81.4 cm³/mol. The van der Waals surface area contributed by atoms with Crippen molar-refractivity contribution >= 4 is 17.5 Å². The molecular formula is C16H22N2O3. The maximum atomic E-state index is 11.7. The van der Waals surface area contributed by atoms with Gasteiger partial charge in [-0.2, -0.15) is 0 Å². The van der Waals surface area contributed by atoms with Crippen LogP contribution >= 0.6 is 0 Å². The molecule has 21 heavy (non-hydrogen) atoms. The van der Waals surface area contributed by atoms with Gasteiger partial charge in [0.25, 0.3) is 5.91 Å². The number of fused-ring (bicyclic) bond motifs is 1. The number of hydrogen-bond donors (Lipinski definition) is 2. The van der Waals surface area contributed by atoms with Crippen LogP contribution in [-0.2, 0) is 16.0 Å². The minimum Gasteiger partial charge on any atom is -0.484 e. The molecule has 1 aliphatic rings. The summed E-state index contributed by atoms with van der Waals surface area (Å²) in [7, 11) is 0. The van der Waals surface area contributed by atoms with Crippen LogP contribution in [0.4, 0.5) is 5.69 Å². The molecule has 2 amide bonds. The van der Waals surface area contributed by atoms with E-state index in [2.05, 4.69) is 17.6 Å². The van der Waals surface area contributed by atoms with E-state index in [4.69, 9.17) is 4.74 Å². The summed E-state index contributed by atoms with van der Waals surface area (Å²) in [6, 6.07) is 5.65. The number of amides is 2. The van der Waals surface area contributed by atoms with Crippen LogP contribution in [0.5, 0.6) is 5.75 Å². The highest BCUT2D eigenvalue weighted by Gasteiger charge is 2.15. The molecule has 0 radical (unpaired) electrons. The maximum Gasteiger partial charge on any atom is 0.258 e. The standard InChI is InChI=1S/C16H22N2O3/c1-3-4-11(2)17-16(20)10-21-13-6-7-14-12(9-13)5-8-15(19)18-14/h6-7,9,11H,3-5,8,10H2,1-2H3,(H,17,20)(H,18,19). The van der Waals surface area contributed by atoms with Crippen molar-refractivity contribution in [2.45, 2.75) is 45.6 Å². The van der Waals surface area contributed by atoms with E-state index in [0.717, 1.165) is 24.1 Å². The van der Waals surface area contributed by atoms with Gasteiger partial charge in [-0.3, -0.25) is 9.59 Å². The second-order valence-electron chi connectivity index (χ2n) is 5.41. The summed E-state index contributed by atoms with van der Waals surface area (Å²) < 4.78 is 5.51. The molecule has 0 bridgehead atoms. The number of benzene rings is 1. The van der Waals surface area contributed by atoms with Gasteiger partial charge in [0.1, 0.15) is 5.75 Å². The van der Waals surface area contributed by atoms with Crippen LogP contribution in [-0.4, -0.2) is 24.5 Å². The highest BCUT2D eigenvalue weighted by atomic mass is 16.5. The summed E-state index contributed by atoms with van der Waals surface area (Å²) in [4.78, 5) is 23.0. The van der Waals surface area contributed by atoms with Crippen molar-refractivity contribution in [1.82, 2.24) is 5.32 Å². The largest absolute Gasteiger partial charge is 0.484 e. The second-order valence-corrected chi connectivity index (χ2v) is 5.41. The van der Waals surface area contributed by atoms with Crippen molar-refractivity contribution in [3.05, 3.63) is 23.8 Å². The fourth-order valence-electron chi connectivity index (χ4n) is 2.42. The summed E-state index contributed by atoms with van der Waals surface area (Å²) in [5, 5.41) is 5.72. The third-order valence-corrected chi connectivity index (χ3v) is 3.47. The molecule has 0 aliphatic carbocycles. The molecule has 1 unspecified atom stereocenters. The molecule has 0 saturated heterocycles. The number of hydrogen-bond acceptors (Lipinski definition) is 3. The van der Waals surface area contributed by atoms with E-state index >= 15 is 0 Å². The Morgan fingerprint density at radius 2 is 2.24 bits per heavy atom. The average molecular weight is 290 g/mol. The molecule has 0 fully saturated rings. The normalized spacial score (nSPS) is 14.9. The lowest BCUT2D eigenvalue weighted by molar-refractivity contribution is -0.123. The van der Waals surface area contributed by atoms with Gasteiger partial charge < -0.3 is 15.4 Å². The van der Waals surface area contributed by atoms with Crippen molar-refractivity contribution in [2.75, 3.05) is 11.9 Å². The van der Waals surface area contributed by atoms with Crippen LogP contribution in [0.3, 0.4) is 0 Å². The second kappa shape index (κ2) is 7.11. The molecule has 1 aromatic rings. The third kappa shape index (κ3) is 4.48. The molecule has 0 aromatic heterocycles. The lowest BCUT2D eigenvalue weighted by atomic mass is 10.0. The van der Waals surface area contributed by atoms with E-state index in [1.165, 1.54) is 0 Å². The summed E-state index contributed by atoms with van der Waals surface area (Å²) in [5.41, 5.74) is 1.88. The molecule has 5 heteroatoms. The van der Waals surface area contributed by atoms with Gasteiger partial charge in [-0.25, -0.2) is 0 Å². The smallest absolute Gasteiger partial charge is 0.258 e. The number of anilines is 1. The zero-order valence-electron chi connectivity index (χ0n) is 12.6. The van der Waals surface area contributed by atoms with Crippen LogP contribution in [0, 0.1) is 0 Å². The Kier molecular flexibility index (Phi) is 5.20. The van der Waals surface area contributed by atoms with Crippen LogP contribution in [0.1, 0.15) is 38.7 Å². The van der Waals surface area contributed by atoms with Gasteiger partial charge in [-0.1, -0.05) is 13.3 Å². The lowest BCUT2D eigenvalue weighted by Crippen LogP contribution is -2.35. The van der Waals surface area contributed by atoms with E-state index in [-0.39, 0.29) is 24.5 Å². The molecule has 0 spiro atoms. The van der Waals surface area contributed by atoms with E-state index in [9.17, 15) is 9.59 Å². The number of carbonyl (C=O) groups excluding carboxylic acids is 2. The van der Waals surface area contributed by atoms with Crippen molar-refractivity contribution in [3.63, 3.8) is 0 Å². The Labute approximate surface area is 125 Å². The quantitative estimate of drug-likeness (QED) is 0.844. The molecule has 2 N–H and O–H groups in total. The Bertz CT molecular complexity index is 528. The van der Waals surface area contributed by atoms with Gasteiger partial charge in [0.15, 0.2) is 6.61 Å². The Balaban J connectivity index is 1.86. The summed E-state index contributed by atoms with van der Waals surface area (Å²) in [6.45, 7) is 4.09. The van der Waals surface area contributed by atoms with Crippen molar-refractivity contribution in [1.29, 1.82) is 0 Å². The van der Waals surface area contributed by atoms with Gasteiger partial charge in [-0.15, -0.1) is 0 Å². The lowest BCUT2D eigenvalue weighted by Gasteiger charge is -2.18. The van der Waals surface area contributed by atoms with Crippen LogP contribution in [0.15, 0.2) is 18.2 Å². The van der Waals surface area contributed by atoms with Gasteiger partial charge in [-0.05, 0) is 43.5 Å². The first-order chi connectivity index (χ1) is 10.1. The summed E-state index contributed by atoms with van der Waals surface area (Å²) >= 11 is 0. The van der Waals surface area contributed by atoms with Gasteiger partial charge in [0.2, 0.25) is 5.91 Å². The fourth-order valence-corrected chi connectivity index (χ4v) is 2.42. The van der Waals surface area contributed by atoms with E-state index < -0.39 is 0 Å². The molecule has 1 aromatic carbocycles. The SMILES string of the molecule is CCCC(C)NC(=O)COc1ccc2c(c1)CCC(=O)N2. The molecule has 0 saturated carbocycles. The Morgan fingerprint density at radius 3 is 3.00 bits per heavy atom. The minimum atomic E-state index is -0.109. The topological polar surface area (TPSA) is 67.4 Å². The molecule has 1 atom stereocenters. The summed E-state index contributed by atoms with van der Waals surface area (Å²) in [6.07, 6.45) is 3.20. The Morgan fingerprint density at radius 1 is 1.43 bits per heavy atom. The number of nitrogens with one attached hydrogen (secondary N) is 2. The Hall–Kier alpha value is -2.04. The molecule has 2 rings (SSSR count). The maximum absolute atomic E-state index is 11.7. The predicted octanol–water partition coefficient (Wildman–Crippen LogP) is 2.25. The van der Waals surface area contributed by atoms with Gasteiger partial charge in [0.05, 0.1) is 0 Å². The molecule has 5 nitrogen and oxygen atoms in total.